The van der Waals surface area contributed by atoms with E-state index >= 15 is 0 Å². The van der Waals surface area contributed by atoms with E-state index in [-0.39, 0.29) is 54.6 Å². The number of nitrogens with one attached hydrogen (secondary N) is 1. The molecule has 216 valence electrons. The largest absolute Gasteiger partial charge is 0.444 e. The second-order valence-electron chi connectivity index (χ2n) is 13.6. The average molecular weight is 543 g/mol. The summed E-state index contributed by atoms with van der Waals surface area (Å²) in [5.41, 5.74) is -1.53. The highest BCUT2D eigenvalue weighted by Gasteiger charge is 2.69. The van der Waals surface area contributed by atoms with Crippen molar-refractivity contribution in [2.45, 2.75) is 105 Å². The van der Waals surface area contributed by atoms with Gasteiger partial charge in [-0.1, -0.05) is 40.7 Å². The predicted molar refractivity (Wildman–Crippen MR) is 150 cm³/mol. The number of terminal acetylenes is 1. The molecule has 0 radical (unpaired) electrons. The van der Waals surface area contributed by atoms with Crippen molar-refractivity contribution < 1.29 is 28.7 Å². The van der Waals surface area contributed by atoms with Crippen molar-refractivity contribution in [1.82, 2.24) is 10.2 Å². The lowest BCUT2D eigenvalue weighted by atomic mass is 9.84. The van der Waals surface area contributed by atoms with E-state index in [2.05, 4.69) is 31.7 Å². The summed E-state index contributed by atoms with van der Waals surface area (Å²) in [5.74, 6) is -0.0102. The van der Waals surface area contributed by atoms with E-state index in [9.17, 15) is 24.0 Å². The Balaban J connectivity index is 2.32. The standard InChI is InChI=1S/C31H46N2O6/c1-11-13-15-19(25(36)21(34)16-14-12-2)17-22(35)24-23-20(31(23,9)10)18-33(24)27(37)26(29(3,4)5)32-28(38)39-30(6,7)8/h1,12,19-20,23-24,26H,2,13-18H2,3-10H3,(H,32,38)/t19?,20?,23-,24+,26+/m0/s1. The molecule has 2 unspecified atom stereocenters. The minimum absolute atomic E-state index is 0.0401. The van der Waals surface area contributed by atoms with E-state index in [1.165, 1.54) is 0 Å². The Hall–Kier alpha value is -2.95. The molecule has 1 N–H and O–H groups in total. The number of allylic oxidation sites excluding steroid dienone is 1. The van der Waals surface area contributed by atoms with Gasteiger partial charge in [0.15, 0.2) is 11.6 Å². The lowest BCUT2D eigenvalue weighted by Crippen LogP contribution is -2.58. The van der Waals surface area contributed by atoms with Crippen LogP contribution in [0.5, 0.6) is 0 Å². The molecule has 1 aliphatic heterocycles. The number of ether oxygens (including phenoxy) is 1. The van der Waals surface area contributed by atoms with Crippen LogP contribution < -0.4 is 5.32 Å². The number of carbonyl (C=O) groups excluding carboxylic acids is 5. The van der Waals surface area contributed by atoms with Gasteiger partial charge < -0.3 is 15.0 Å². The summed E-state index contributed by atoms with van der Waals surface area (Å²) in [6.45, 7) is 18.9. The molecule has 39 heavy (non-hydrogen) atoms. The number of fused-ring (bicyclic) bond motifs is 1. The van der Waals surface area contributed by atoms with Crippen molar-refractivity contribution in [3.63, 3.8) is 0 Å². The minimum Gasteiger partial charge on any atom is -0.444 e. The van der Waals surface area contributed by atoms with E-state index in [1.807, 2.05) is 20.8 Å². The number of Topliss-reactive ketones (excluding diaryl/α,β-unsaturated/α-hetero) is 3. The molecule has 2 rings (SSSR count). The van der Waals surface area contributed by atoms with Crippen molar-refractivity contribution in [2.24, 2.45) is 28.6 Å². The maximum absolute atomic E-state index is 13.9. The number of hydrogen-bond donors (Lipinski definition) is 1. The van der Waals surface area contributed by atoms with Gasteiger partial charge in [-0.3, -0.25) is 19.2 Å². The first-order valence-electron chi connectivity index (χ1n) is 13.8. The summed E-state index contributed by atoms with van der Waals surface area (Å²) < 4.78 is 5.40. The van der Waals surface area contributed by atoms with Gasteiger partial charge in [0, 0.05) is 31.7 Å². The Bertz CT molecular complexity index is 1040. The quantitative estimate of drug-likeness (QED) is 0.221. The first kappa shape index (κ1) is 32.3. The normalized spacial score (nSPS) is 23.1. The van der Waals surface area contributed by atoms with Crippen molar-refractivity contribution in [3.8, 4) is 12.3 Å². The van der Waals surface area contributed by atoms with Crippen LogP contribution in [0.4, 0.5) is 4.79 Å². The summed E-state index contributed by atoms with van der Waals surface area (Å²) >= 11 is 0. The highest BCUT2D eigenvalue weighted by molar-refractivity contribution is 6.38. The van der Waals surface area contributed by atoms with E-state index in [1.54, 1.807) is 31.7 Å². The highest BCUT2D eigenvalue weighted by atomic mass is 16.6. The molecule has 1 saturated heterocycles. The van der Waals surface area contributed by atoms with E-state index in [0.717, 1.165) is 0 Å². The highest BCUT2D eigenvalue weighted by Crippen LogP contribution is 2.65. The third-order valence-corrected chi connectivity index (χ3v) is 7.90. The lowest BCUT2D eigenvalue weighted by Gasteiger charge is -2.38. The molecule has 0 aromatic heterocycles. The number of carbonyl (C=O) groups is 5. The SMILES string of the molecule is C#CCCC(CC(=O)[C@@H]1[C@@H]2C(CN1C(=O)[C@@H](NC(=O)OC(C)(C)C)C(C)(C)C)C2(C)C)C(=O)C(=O)CCC=C. The summed E-state index contributed by atoms with van der Waals surface area (Å²) in [6, 6.07) is -1.67. The number of nitrogens with zero attached hydrogens (tertiary/aromatic N) is 1. The number of likely N-dealkylation sites (tertiary alicyclic amines) is 1. The molecule has 1 aliphatic carbocycles. The molecule has 1 heterocycles. The molecule has 2 fully saturated rings. The summed E-state index contributed by atoms with van der Waals surface area (Å²) in [7, 11) is 0. The summed E-state index contributed by atoms with van der Waals surface area (Å²) in [4.78, 5) is 67.4. The monoisotopic (exact) mass is 542 g/mol. The zero-order valence-corrected chi connectivity index (χ0v) is 24.9. The predicted octanol–water partition coefficient (Wildman–Crippen LogP) is 4.50. The number of rotatable bonds is 12. The fourth-order valence-corrected chi connectivity index (χ4v) is 5.65. The van der Waals surface area contributed by atoms with Crippen LogP contribution in [0.25, 0.3) is 0 Å². The van der Waals surface area contributed by atoms with Crippen molar-refractivity contribution >= 4 is 29.4 Å². The fourth-order valence-electron chi connectivity index (χ4n) is 5.65. The zero-order valence-electron chi connectivity index (χ0n) is 24.9. The van der Waals surface area contributed by atoms with Gasteiger partial charge in [-0.2, -0.15) is 0 Å². The third-order valence-electron chi connectivity index (χ3n) is 7.90. The van der Waals surface area contributed by atoms with Crippen LogP contribution in [0.2, 0.25) is 0 Å². The molecule has 5 atom stereocenters. The van der Waals surface area contributed by atoms with Crippen LogP contribution in [0, 0.1) is 40.9 Å². The molecular formula is C31H46N2O6. The maximum atomic E-state index is 13.9. The van der Waals surface area contributed by atoms with Crippen molar-refractivity contribution in [3.05, 3.63) is 12.7 Å². The second-order valence-corrected chi connectivity index (χ2v) is 13.6. The molecule has 2 amide bonds. The van der Waals surface area contributed by atoms with Crippen LogP contribution in [-0.2, 0) is 23.9 Å². The molecule has 0 bridgehead atoms. The van der Waals surface area contributed by atoms with Crippen molar-refractivity contribution in [1.29, 1.82) is 0 Å². The number of ketones is 3. The molecule has 8 nitrogen and oxygen atoms in total. The fraction of sp³-hybridized carbons (Fsp3) is 0.710. The van der Waals surface area contributed by atoms with Gasteiger partial charge in [-0.25, -0.2) is 4.79 Å². The average Bonchev–Trinajstić information content (AvgIpc) is 3.14. The Morgan fingerprint density at radius 2 is 1.77 bits per heavy atom. The van der Waals surface area contributed by atoms with Gasteiger partial charge in [-0.05, 0) is 56.3 Å². The molecule has 0 spiro atoms. The first-order valence-corrected chi connectivity index (χ1v) is 13.8. The molecule has 0 aromatic rings. The van der Waals surface area contributed by atoms with Gasteiger partial charge in [0.1, 0.15) is 11.6 Å². The molecule has 2 aliphatic rings. The van der Waals surface area contributed by atoms with Crippen LogP contribution >= 0.6 is 0 Å². The smallest absolute Gasteiger partial charge is 0.408 e. The van der Waals surface area contributed by atoms with Crippen molar-refractivity contribution in [2.75, 3.05) is 6.54 Å². The Morgan fingerprint density at radius 1 is 1.15 bits per heavy atom. The Kier molecular flexibility index (Phi) is 9.98. The van der Waals surface area contributed by atoms with Crippen LogP contribution in [-0.4, -0.2) is 58.5 Å². The second kappa shape index (κ2) is 12.1. The summed E-state index contributed by atoms with van der Waals surface area (Å²) in [6.07, 6.45) is 7.03. The zero-order chi connectivity index (χ0) is 29.9. The molecule has 0 aromatic carbocycles. The first-order chi connectivity index (χ1) is 17.9. The third kappa shape index (κ3) is 7.80. The van der Waals surface area contributed by atoms with Crippen LogP contribution in [0.1, 0.15) is 87.5 Å². The van der Waals surface area contributed by atoms with Gasteiger partial charge in [-0.15, -0.1) is 18.9 Å². The van der Waals surface area contributed by atoms with E-state index in [0.29, 0.717) is 13.0 Å². The Morgan fingerprint density at radius 3 is 2.28 bits per heavy atom. The molecule has 8 heteroatoms. The summed E-state index contributed by atoms with van der Waals surface area (Å²) in [5, 5.41) is 2.73. The van der Waals surface area contributed by atoms with E-state index in [4.69, 9.17) is 11.2 Å². The molecular weight excluding hydrogens is 496 g/mol. The topological polar surface area (TPSA) is 110 Å². The van der Waals surface area contributed by atoms with Gasteiger partial charge in [0.25, 0.3) is 0 Å². The lowest BCUT2D eigenvalue weighted by molar-refractivity contribution is -0.145. The number of alkyl carbamates (subject to hydrolysis) is 1. The minimum atomic E-state index is -0.928. The number of hydrogen-bond acceptors (Lipinski definition) is 6. The van der Waals surface area contributed by atoms with Gasteiger partial charge >= 0.3 is 6.09 Å². The van der Waals surface area contributed by atoms with Crippen LogP contribution in [0.15, 0.2) is 12.7 Å². The van der Waals surface area contributed by atoms with Gasteiger partial charge in [0.05, 0.1) is 6.04 Å². The maximum Gasteiger partial charge on any atom is 0.408 e. The van der Waals surface area contributed by atoms with Crippen LogP contribution in [0.3, 0.4) is 0 Å². The van der Waals surface area contributed by atoms with Gasteiger partial charge in [0.2, 0.25) is 11.7 Å². The number of piperidine rings is 1. The molecule has 1 saturated carbocycles. The van der Waals surface area contributed by atoms with E-state index < -0.39 is 46.7 Å². The number of amides is 2. The Labute approximate surface area is 233 Å².